The monoisotopic (exact) mass is 503 g/mol. The molecule has 4 aromatic rings. The molecule has 0 aliphatic rings. The number of H-pyrrole nitrogens is 1. The second-order valence-corrected chi connectivity index (χ2v) is 10.0. The van der Waals surface area contributed by atoms with Crippen molar-refractivity contribution in [3.63, 3.8) is 0 Å². The third-order valence-corrected chi connectivity index (χ3v) is 6.26. The van der Waals surface area contributed by atoms with Crippen molar-refractivity contribution < 1.29 is 26.7 Å². The van der Waals surface area contributed by atoms with Gasteiger partial charge in [0.2, 0.25) is 0 Å². The Morgan fingerprint density at radius 3 is 2.49 bits per heavy atom. The molecular weight excluding hydrogens is 480 g/mol. The molecule has 0 unspecified atom stereocenters. The van der Waals surface area contributed by atoms with E-state index in [4.69, 9.17) is 4.74 Å². The molecule has 0 aliphatic heterocycles. The SMILES string of the molecule is CCOc1cc([C@@H](CS(C)(=O)=O)n2c(=O)[nH]c3c(-c4ccccc4)ccnc32)ccc1OC(F)F. The number of hydrogen-bond donors (Lipinski definition) is 1. The fourth-order valence-corrected chi connectivity index (χ4v) is 4.88. The largest absolute Gasteiger partial charge is 0.490 e. The molecule has 2 aromatic heterocycles. The van der Waals surface area contributed by atoms with Crippen molar-refractivity contribution in [2.75, 3.05) is 18.6 Å². The Morgan fingerprint density at radius 1 is 1.09 bits per heavy atom. The number of fused-ring (bicyclic) bond motifs is 1. The summed E-state index contributed by atoms with van der Waals surface area (Å²) in [5.41, 5.74) is 2.08. The molecule has 0 saturated carbocycles. The summed E-state index contributed by atoms with van der Waals surface area (Å²) in [5.74, 6) is -0.619. The third kappa shape index (κ3) is 5.35. The number of hydrogen-bond acceptors (Lipinski definition) is 6. The first kappa shape index (κ1) is 24.4. The summed E-state index contributed by atoms with van der Waals surface area (Å²) in [6, 6.07) is 14.2. The summed E-state index contributed by atoms with van der Waals surface area (Å²) in [7, 11) is -3.59. The molecule has 4 rings (SSSR count). The highest BCUT2D eigenvalue weighted by atomic mass is 32.2. The molecule has 35 heavy (non-hydrogen) atoms. The molecule has 0 fully saturated rings. The number of nitrogens with one attached hydrogen (secondary N) is 1. The van der Waals surface area contributed by atoms with Crippen LogP contribution in [0.3, 0.4) is 0 Å². The highest BCUT2D eigenvalue weighted by Gasteiger charge is 2.26. The fourth-order valence-electron chi connectivity index (χ4n) is 3.97. The maximum absolute atomic E-state index is 13.2. The van der Waals surface area contributed by atoms with Crippen LogP contribution in [0.25, 0.3) is 22.3 Å². The number of ether oxygens (including phenoxy) is 2. The zero-order chi connectivity index (χ0) is 25.2. The number of pyridine rings is 1. The van der Waals surface area contributed by atoms with Crippen LogP contribution in [-0.2, 0) is 9.84 Å². The lowest BCUT2D eigenvalue weighted by molar-refractivity contribution is -0.0514. The summed E-state index contributed by atoms with van der Waals surface area (Å²) < 4.78 is 61.6. The standard InChI is InChI=1S/C24H23F2N3O5S/c1-3-33-20-13-16(9-10-19(20)34-23(25)26)18(14-35(2,31)32)29-22-21(28-24(29)30)17(11-12-27-22)15-7-5-4-6-8-15/h4-13,18,23H,3,14H2,1-2H3,(H,28,30)/t18-/m1/s1. The van der Waals surface area contributed by atoms with E-state index >= 15 is 0 Å². The molecule has 2 heterocycles. The molecule has 0 radical (unpaired) electrons. The van der Waals surface area contributed by atoms with E-state index in [1.54, 1.807) is 13.0 Å². The molecule has 0 amide bonds. The molecule has 0 bridgehead atoms. The van der Waals surface area contributed by atoms with E-state index in [-0.39, 0.29) is 23.8 Å². The minimum Gasteiger partial charge on any atom is -0.490 e. The van der Waals surface area contributed by atoms with Gasteiger partial charge in [-0.2, -0.15) is 8.78 Å². The first-order valence-corrected chi connectivity index (χ1v) is 12.8. The summed E-state index contributed by atoms with van der Waals surface area (Å²) in [6.07, 6.45) is 2.59. The van der Waals surface area contributed by atoms with Gasteiger partial charge in [0.25, 0.3) is 0 Å². The second kappa shape index (κ2) is 9.87. The summed E-state index contributed by atoms with van der Waals surface area (Å²) >= 11 is 0. The normalized spacial score (nSPS) is 12.7. The first-order valence-electron chi connectivity index (χ1n) is 10.7. The number of imidazole rings is 1. The lowest BCUT2D eigenvalue weighted by Crippen LogP contribution is -2.28. The van der Waals surface area contributed by atoms with Crippen molar-refractivity contribution in [2.24, 2.45) is 0 Å². The van der Waals surface area contributed by atoms with Crippen molar-refractivity contribution in [3.05, 3.63) is 76.8 Å². The van der Waals surface area contributed by atoms with Gasteiger partial charge in [0.1, 0.15) is 9.84 Å². The molecule has 2 aromatic carbocycles. The van der Waals surface area contributed by atoms with E-state index in [2.05, 4.69) is 14.7 Å². The number of aromatic amines is 1. The van der Waals surface area contributed by atoms with Crippen molar-refractivity contribution in [1.82, 2.24) is 14.5 Å². The van der Waals surface area contributed by atoms with E-state index in [1.807, 2.05) is 30.3 Å². The predicted octanol–water partition coefficient (Wildman–Crippen LogP) is 4.03. The van der Waals surface area contributed by atoms with Crippen LogP contribution in [0.4, 0.5) is 8.78 Å². The lowest BCUT2D eigenvalue weighted by atomic mass is 10.1. The maximum Gasteiger partial charge on any atom is 0.387 e. The smallest absolute Gasteiger partial charge is 0.387 e. The minimum atomic E-state index is -3.59. The molecule has 0 aliphatic carbocycles. The third-order valence-electron chi connectivity index (χ3n) is 5.34. The van der Waals surface area contributed by atoms with Crippen molar-refractivity contribution in [2.45, 2.75) is 19.6 Å². The van der Waals surface area contributed by atoms with Gasteiger partial charge in [-0.3, -0.25) is 4.57 Å². The average Bonchev–Trinajstić information content (AvgIpc) is 3.14. The van der Waals surface area contributed by atoms with Crippen molar-refractivity contribution >= 4 is 21.0 Å². The van der Waals surface area contributed by atoms with Crippen LogP contribution in [0.2, 0.25) is 0 Å². The van der Waals surface area contributed by atoms with E-state index in [0.29, 0.717) is 11.1 Å². The van der Waals surface area contributed by atoms with Gasteiger partial charge in [0, 0.05) is 18.0 Å². The number of alkyl halides is 2. The van der Waals surface area contributed by atoms with Crippen LogP contribution in [-0.4, -0.2) is 48.2 Å². The van der Waals surface area contributed by atoms with Crippen LogP contribution >= 0.6 is 0 Å². The van der Waals surface area contributed by atoms with Gasteiger partial charge >= 0.3 is 12.3 Å². The van der Waals surface area contributed by atoms with Gasteiger partial charge in [-0.05, 0) is 36.2 Å². The Labute approximate surface area is 200 Å². The van der Waals surface area contributed by atoms with Crippen LogP contribution in [0.15, 0.2) is 65.6 Å². The lowest BCUT2D eigenvalue weighted by Gasteiger charge is -2.20. The van der Waals surface area contributed by atoms with Crippen molar-refractivity contribution in [3.8, 4) is 22.6 Å². The first-order chi connectivity index (χ1) is 16.7. The predicted molar refractivity (Wildman–Crippen MR) is 128 cm³/mol. The van der Waals surface area contributed by atoms with E-state index in [9.17, 15) is 22.0 Å². The molecule has 8 nitrogen and oxygen atoms in total. The van der Waals surface area contributed by atoms with Gasteiger partial charge in [-0.1, -0.05) is 36.4 Å². The number of halogens is 2. The molecule has 184 valence electrons. The number of sulfone groups is 1. The quantitative estimate of drug-likeness (QED) is 0.370. The molecular formula is C24H23F2N3O5S. The second-order valence-electron chi connectivity index (χ2n) is 7.85. The summed E-state index contributed by atoms with van der Waals surface area (Å²) in [6.45, 7) is -1.23. The van der Waals surface area contributed by atoms with Gasteiger partial charge in [0.15, 0.2) is 17.1 Å². The van der Waals surface area contributed by atoms with Crippen LogP contribution < -0.4 is 15.2 Å². The summed E-state index contributed by atoms with van der Waals surface area (Å²) in [5, 5.41) is 0. The highest BCUT2D eigenvalue weighted by Crippen LogP contribution is 2.34. The maximum atomic E-state index is 13.2. The Bertz CT molecular complexity index is 1500. The Kier molecular flexibility index (Phi) is 6.88. The van der Waals surface area contributed by atoms with Gasteiger partial charge in [0.05, 0.1) is 23.9 Å². The van der Waals surface area contributed by atoms with Crippen LogP contribution in [0, 0.1) is 0 Å². The number of rotatable bonds is 9. The van der Waals surface area contributed by atoms with E-state index < -0.39 is 33.9 Å². The molecule has 0 spiro atoms. The Morgan fingerprint density at radius 2 is 1.83 bits per heavy atom. The van der Waals surface area contributed by atoms with Gasteiger partial charge < -0.3 is 14.5 Å². The van der Waals surface area contributed by atoms with Gasteiger partial charge in [-0.25, -0.2) is 18.2 Å². The molecule has 1 atom stereocenters. The van der Waals surface area contributed by atoms with E-state index in [1.165, 1.54) is 29.0 Å². The van der Waals surface area contributed by atoms with E-state index in [0.717, 1.165) is 17.4 Å². The molecule has 11 heteroatoms. The Hall–Kier alpha value is -3.73. The molecule has 0 saturated heterocycles. The average molecular weight is 504 g/mol. The number of aromatic nitrogens is 3. The number of benzene rings is 2. The Balaban J connectivity index is 1.92. The molecule has 1 N–H and O–H groups in total. The van der Waals surface area contributed by atoms with Crippen LogP contribution in [0.1, 0.15) is 18.5 Å². The zero-order valence-corrected chi connectivity index (χ0v) is 19.8. The fraction of sp³-hybridized carbons (Fsp3) is 0.250. The summed E-state index contributed by atoms with van der Waals surface area (Å²) in [4.78, 5) is 20.3. The van der Waals surface area contributed by atoms with Gasteiger partial charge in [-0.15, -0.1) is 0 Å². The topological polar surface area (TPSA) is 103 Å². The van der Waals surface area contributed by atoms with Crippen LogP contribution in [0.5, 0.6) is 11.5 Å². The number of nitrogens with zero attached hydrogens (tertiary/aromatic N) is 2. The minimum absolute atomic E-state index is 0.00891. The zero-order valence-electron chi connectivity index (χ0n) is 18.9. The van der Waals surface area contributed by atoms with Crippen molar-refractivity contribution in [1.29, 1.82) is 0 Å². The highest BCUT2D eigenvalue weighted by molar-refractivity contribution is 7.90.